The predicted molar refractivity (Wildman–Crippen MR) is 123 cm³/mol. The number of hydrogen-bond donors (Lipinski definition) is 1. The molecule has 0 fully saturated rings. The van der Waals surface area contributed by atoms with E-state index in [0.29, 0.717) is 19.4 Å². The first kappa shape index (κ1) is 20.9. The van der Waals surface area contributed by atoms with Gasteiger partial charge in [0.25, 0.3) is 0 Å². The smallest absolute Gasteiger partial charge is 0.408 e. The minimum atomic E-state index is -0.641. The van der Waals surface area contributed by atoms with Gasteiger partial charge in [-0.05, 0) is 61.6 Å². The molecule has 1 aliphatic rings. The average molecular weight is 417 g/mol. The number of anilines is 1. The summed E-state index contributed by atoms with van der Waals surface area (Å²) in [5, 5.41) is 5.06. The van der Waals surface area contributed by atoms with Gasteiger partial charge in [-0.2, -0.15) is 0 Å². The van der Waals surface area contributed by atoms with Gasteiger partial charge in [-0.3, -0.25) is 4.79 Å². The fourth-order valence-corrected chi connectivity index (χ4v) is 4.06. The zero-order chi connectivity index (χ0) is 22.0. The van der Waals surface area contributed by atoms with Crippen molar-refractivity contribution in [2.24, 2.45) is 0 Å². The molecule has 1 heterocycles. The summed E-state index contributed by atoms with van der Waals surface area (Å²) in [5.41, 5.74) is 2.45. The number of rotatable bonds is 3. The first-order chi connectivity index (χ1) is 14.8. The van der Waals surface area contributed by atoms with Crippen molar-refractivity contribution in [2.45, 2.75) is 51.8 Å². The Morgan fingerprint density at radius 3 is 2.55 bits per heavy atom. The van der Waals surface area contributed by atoms with Crippen LogP contribution in [0, 0.1) is 0 Å². The zero-order valence-corrected chi connectivity index (χ0v) is 18.2. The number of hydrogen-bond acceptors (Lipinski definition) is 3. The number of fused-ring (bicyclic) bond motifs is 2. The summed E-state index contributed by atoms with van der Waals surface area (Å²) in [7, 11) is 0. The van der Waals surface area contributed by atoms with E-state index in [0.717, 1.165) is 27.6 Å². The molecule has 31 heavy (non-hydrogen) atoms. The lowest BCUT2D eigenvalue weighted by atomic mass is 10.0. The number of amides is 2. The summed E-state index contributed by atoms with van der Waals surface area (Å²) < 4.78 is 5.40. The van der Waals surface area contributed by atoms with Gasteiger partial charge < -0.3 is 15.0 Å². The highest BCUT2D eigenvalue weighted by Gasteiger charge is 2.32. The second kappa shape index (κ2) is 8.42. The van der Waals surface area contributed by atoms with Gasteiger partial charge in [-0.1, -0.05) is 60.7 Å². The van der Waals surface area contributed by atoms with Crippen LogP contribution in [-0.2, 0) is 22.5 Å². The summed E-state index contributed by atoms with van der Waals surface area (Å²) in [6, 6.07) is 21.6. The fourth-order valence-electron chi connectivity index (χ4n) is 4.06. The highest BCUT2D eigenvalue weighted by Crippen LogP contribution is 2.30. The number of aryl methyl sites for hydroxylation is 1. The summed E-state index contributed by atoms with van der Waals surface area (Å²) >= 11 is 0. The first-order valence-electron chi connectivity index (χ1n) is 10.7. The fraction of sp³-hybridized carbons (Fsp3) is 0.308. The molecule has 0 unspecified atom stereocenters. The number of ether oxygens (including phenoxy) is 1. The average Bonchev–Trinajstić information content (AvgIpc) is 2.85. The number of nitrogens with one attached hydrogen (secondary N) is 1. The Bertz CT molecular complexity index is 1110. The third-order valence-electron chi connectivity index (χ3n) is 5.45. The number of nitrogens with zero attached hydrogens (tertiary/aromatic N) is 1. The molecule has 160 valence electrons. The minimum Gasteiger partial charge on any atom is -0.444 e. The lowest BCUT2D eigenvalue weighted by Crippen LogP contribution is -2.49. The maximum Gasteiger partial charge on any atom is 0.408 e. The topological polar surface area (TPSA) is 58.6 Å². The molecule has 3 aromatic carbocycles. The van der Waals surface area contributed by atoms with Crippen LogP contribution in [0.15, 0.2) is 66.7 Å². The van der Waals surface area contributed by atoms with Gasteiger partial charge in [-0.15, -0.1) is 0 Å². The molecule has 0 bridgehead atoms. The van der Waals surface area contributed by atoms with Crippen LogP contribution in [-0.4, -0.2) is 23.6 Å². The number of benzene rings is 3. The van der Waals surface area contributed by atoms with E-state index in [1.165, 1.54) is 0 Å². The van der Waals surface area contributed by atoms with E-state index in [4.69, 9.17) is 4.74 Å². The molecule has 0 saturated carbocycles. The number of alkyl carbamates (subject to hydrolysis) is 1. The van der Waals surface area contributed by atoms with Gasteiger partial charge in [0.05, 0.1) is 6.54 Å². The van der Waals surface area contributed by atoms with E-state index in [-0.39, 0.29) is 5.91 Å². The third-order valence-corrected chi connectivity index (χ3v) is 5.45. The van der Waals surface area contributed by atoms with Crippen LogP contribution in [0.2, 0.25) is 0 Å². The second-order valence-electron chi connectivity index (χ2n) is 8.93. The Kier molecular flexibility index (Phi) is 5.68. The Morgan fingerprint density at radius 2 is 1.74 bits per heavy atom. The molecule has 5 heteroatoms. The van der Waals surface area contributed by atoms with Crippen molar-refractivity contribution in [3.63, 3.8) is 0 Å². The number of carbonyl (C=O) groups excluding carboxylic acids is 2. The van der Waals surface area contributed by atoms with Crippen LogP contribution in [0.1, 0.15) is 38.3 Å². The van der Waals surface area contributed by atoms with E-state index in [1.807, 2.05) is 57.2 Å². The van der Waals surface area contributed by atoms with Crippen LogP contribution in [0.4, 0.5) is 10.5 Å². The van der Waals surface area contributed by atoms with Crippen molar-refractivity contribution < 1.29 is 14.3 Å². The van der Waals surface area contributed by atoms with Crippen LogP contribution in [0.5, 0.6) is 0 Å². The quantitative estimate of drug-likeness (QED) is 0.637. The summed E-state index contributed by atoms with van der Waals surface area (Å²) in [4.78, 5) is 27.8. The van der Waals surface area contributed by atoms with Crippen molar-refractivity contribution in [1.29, 1.82) is 0 Å². The molecular weight excluding hydrogens is 388 g/mol. The summed E-state index contributed by atoms with van der Waals surface area (Å²) in [6.45, 7) is 5.86. The van der Waals surface area contributed by atoms with E-state index in [1.54, 1.807) is 4.90 Å². The molecular formula is C26H28N2O3. The SMILES string of the molecule is CC(C)(C)OC(=O)N[C@H]1CCc2ccccc2N(Cc2cccc3ccccc23)C1=O. The highest BCUT2D eigenvalue weighted by atomic mass is 16.6. The predicted octanol–water partition coefficient (Wildman–Crippen LogP) is 5.21. The van der Waals surface area contributed by atoms with E-state index >= 15 is 0 Å². The monoisotopic (exact) mass is 416 g/mol. The molecule has 4 rings (SSSR count). The van der Waals surface area contributed by atoms with Crippen molar-refractivity contribution in [3.05, 3.63) is 77.9 Å². The van der Waals surface area contributed by atoms with Gasteiger partial charge in [0.2, 0.25) is 5.91 Å². The van der Waals surface area contributed by atoms with Crippen molar-refractivity contribution in [2.75, 3.05) is 4.90 Å². The molecule has 5 nitrogen and oxygen atoms in total. The molecule has 0 aliphatic carbocycles. The van der Waals surface area contributed by atoms with Crippen molar-refractivity contribution in [3.8, 4) is 0 Å². The largest absolute Gasteiger partial charge is 0.444 e. The maximum atomic E-state index is 13.6. The molecule has 0 radical (unpaired) electrons. The van der Waals surface area contributed by atoms with Crippen molar-refractivity contribution >= 4 is 28.5 Å². The summed E-state index contributed by atoms with van der Waals surface area (Å²) in [6.07, 6.45) is 0.664. The third kappa shape index (κ3) is 4.71. The Balaban J connectivity index is 1.67. The lowest BCUT2D eigenvalue weighted by Gasteiger charge is -2.28. The van der Waals surface area contributed by atoms with Gasteiger partial charge in [0.15, 0.2) is 0 Å². The molecule has 0 spiro atoms. The Labute approximate surface area is 183 Å². The molecule has 0 aromatic heterocycles. The minimum absolute atomic E-state index is 0.122. The van der Waals surface area contributed by atoms with Crippen molar-refractivity contribution in [1.82, 2.24) is 5.32 Å². The molecule has 3 aromatic rings. The first-order valence-corrected chi connectivity index (χ1v) is 10.7. The molecule has 0 saturated heterocycles. The van der Waals surface area contributed by atoms with Crippen LogP contribution in [0.3, 0.4) is 0 Å². The number of carbonyl (C=O) groups is 2. The molecule has 1 atom stereocenters. The summed E-state index contributed by atoms with van der Waals surface area (Å²) in [5.74, 6) is -0.122. The molecule has 1 N–H and O–H groups in total. The van der Waals surface area contributed by atoms with Crippen LogP contribution in [0.25, 0.3) is 10.8 Å². The lowest BCUT2D eigenvalue weighted by molar-refractivity contribution is -0.120. The van der Waals surface area contributed by atoms with Gasteiger partial charge in [0.1, 0.15) is 11.6 Å². The maximum absolute atomic E-state index is 13.6. The highest BCUT2D eigenvalue weighted by molar-refractivity contribution is 6.00. The van der Waals surface area contributed by atoms with Crippen LogP contribution < -0.4 is 10.2 Å². The second-order valence-corrected chi connectivity index (χ2v) is 8.93. The standard InChI is InChI=1S/C26H28N2O3/c1-26(2,3)31-25(30)27-22-16-15-19-10-5-7-14-23(19)28(24(22)29)17-20-12-8-11-18-9-4-6-13-21(18)20/h4-14,22H,15-17H2,1-3H3,(H,27,30)/t22-/m0/s1. The molecule has 1 aliphatic heterocycles. The number of para-hydroxylation sites is 1. The Morgan fingerprint density at radius 1 is 1.03 bits per heavy atom. The molecule has 2 amide bonds. The Hall–Kier alpha value is -3.34. The van der Waals surface area contributed by atoms with Gasteiger partial charge in [0, 0.05) is 5.69 Å². The van der Waals surface area contributed by atoms with E-state index < -0.39 is 17.7 Å². The van der Waals surface area contributed by atoms with E-state index in [9.17, 15) is 9.59 Å². The van der Waals surface area contributed by atoms with E-state index in [2.05, 4.69) is 35.6 Å². The van der Waals surface area contributed by atoms with Crippen LogP contribution >= 0.6 is 0 Å². The van der Waals surface area contributed by atoms with Gasteiger partial charge in [-0.25, -0.2) is 4.79 Å². The normalized spacial score (nSPS) is 16.5. The van der Waals surface area contributed by atoms with Gasteiger partial charge >= 0.3 is 6.09 Å². The zero-order valence-electron chi connectivity index (χ0n) is 18.2.